The van der Waals surface area contributed by atoms with Crippen LogP contribution in [0.15, 0.2) is 18.2 Å². The molecule has 1 amide bonds. The Bertz CT molecular complexity index is 555. The predicted molar refractivity (Wildman–Crippen MR) is 78.5 cm³/mol. The minimum atomic E-state index is -0.327. The van der Waals surface area contributed by atoms with Crippen molar-refractivity contribution in [1.29, 1.82) is 0 Å². The largest absolute Gasteiger partial charge is 0.489 e. The molecular formula is C16H21NO4. The summed E-state index contributed by atoms with van der Waals surface area (Å²) in [5.41, 5.74) is 1.62. The van der Waals surface area contributed by atoms with Crippen LogP contribution in [0.1, 0.15) is 42.1 Å². The number of fused-ring (bicyclic) bond motifs is 1. The van der Waals surface area contributed by atoms with Crippen molar-refractivity contribution in [2.24, 2.45) is 0 Å². The minimum absolute atomic E-state index is 0.0642. The third-order valence-corrected chi connectivity index (χ3v) is 4.00. The first-order valence-electron chi connectivity index (χ1n) is 7.07. The van der Waals surface area contributed by atoms with E-state index in [1.165, 1.54) is 12.0 Å². The second kappa shape index (κ2) is 6.16. The maximum atomic E-state index is 12.5. The summed E-state index contributed by atoms with van der Waals surface area (Å²) >= 11 is 0. The third kappa shape index (κ3) is 3.01. The lowest BCUT2D eigenvalue weighted by Crippen LogP contribution is -2.29. The lowest BCUT2D eigenvalue weighted by Gasteiger charge is -2.18. The zero-order valence-corrected chi connectivity index (χ0v) is 12.9. The summed E-state index contributed by atoms with van der Waals surface area (Å²) in [6.45, 7) is 4.41. The number of benzene rings is 1. The smallest absolute Gasteiger partial charge is 0.307 e. The number of ether oxygens (including phenoxy) is 2. The molecule has 21 heavy (non-hydrogen) atoms. The third-order valence-electron chi connectivity index (χ3n) is 4.00. The van der Waals surface area contributed by atoms with Gasteiger partial charge < -0.3 is 14.4 Å². The van der Waals surface area contributed by atoms with E-state index in [-0.39, 0.29) is 30.3 Å². The molecule has 0 bridgehead atoms. The highest BCUT2D eigenvalue weighted by molar-refractivity contribution is 5.97. The highest BCUT2D eigenvalue weighted by atomic mass is 16.5. The summed E-state index contributed by atoms with van der Waals surface area (Å²) in [5.74, 6) is 0.476. The average Bonchev–Trinajstić information content (AvgIpc) is 2.78. The van der Waals surface area contributed by atoms with Crippen molar-refractivity contribution >= 4 is 11.9 Å². The van der Waals surface area contributed by atoms with Crippen LogP contribution in [0.3, 0.4) is 0 Å². The predicted octanol–water partition coefficient (Wildman–Crippen LogP) is 2.21. The number of esters is 1. The lowest BCUT2D eigenvalue weighted by atomic mass is 9.96. The first-order chi connectivity index (χ1) is 9.95. The van der Waals surface area contributed by atoms with Crippen molar-refractivity contribution in [3.05, 3.63) is 29.3 Å². The van der Waals surface area contributed by atoms with Crippen molar-refractivity contribution in [3.8, 4) is 5.75 Å². The molecule has 5 heteroatoms. The Morgan fingerprint density at radius 1 is 1.33 bits per heavy atom. The van der Waals surface area contributed by atoms with Gasteiger partial charge in [0.2, 0.25) is 0 Å². The Hall–Kier alpha value is -2.04. The van der Waals surface area contributed by atoms with Gasteiger partial charge in [-0.3, -0.25) is 9.59 Å². The molecule has 0 saturated heterocycles. The molecule has 1 aliphatic heterocycles. The first-order valence-corrected chi connectivity index (χ1v) is 7.07. The van der Waals surface area contributed by atoms with Crippen LogP contribution in [-0.4, -0.2) is 43.6 Å². The molecule has 1 aromatic carbocycles. The molecule has 0 fully saturated rings. The van der Waals surface area contributed by atoms with Gasteiger partial charge in [-0.1, -0.05) is 19.1 Å². The summed E-state index contributed by atoms with van der Waals surface area (Å²) < 4.78 is 10.4. The number of hydrogen-bond donors (Lipinski definition) is 0. The van der Waals surface area contributed by atoms with Crippen molar-refractivity contribution in [2.45, 2.75) is 32.3 Å². The Balaban J connectivity index is 2.16. The molecule has 0 saturated carbocycles. The van der Waals surface area contributed by atoms with Gasteiger partial charge in [0.05, 0.1) is 19.1 Å². The zero-order chi connectivity index (χ0) is 15.6. The van der Waals surface area contributed by atoms with E-state index < -0.39 is 0 Å². The standard InChI is InChI=1S/C16H21NO4/c1-10-11(2)21-15-12(10)6-5-7-13(15)16(19)17(3)9-8-14(18)20-4/h5-7,10-11H,8-9H2,1-4H3. The average molecular weight is 291 g/mol. The summed E-state index contributed by atoms with van der Waals surface area (Å²) in [7, 11) is 3.01. The van der Waals surface area contributed by atoms with E-state index in [4.69, 9.17) is 4.74 Å². The van der Waals surface area contributed by atoms with Gasteiger partial charge in [0, 0.05) is 25.1 Å². The van der Waals surface area contributed by atoms with Crippen LogP contribution in [0.25, 0.3) is 0 Å². The zero-order valence-electron chi connectivity index (χ0n) is 12.9. The van der Waals surface area contributed by atoms with E-state index in [9.17, 15) is 9.59 Å². The fourth-order valence-electron chi connectivity index (χ4n) is 2.42. The number of carbonyl (C=O) groups excluding carboxylic acids is 2. The van der Waals surface area contributed by atoms with E-state index in [2.05, 4.69) is 11.7 Å². The first kappa shape index (κ1) is 15.4. The summed E-state index contributed by atoms with van der Waals surface area (Å²) in [5, 5.41) is 0. The minimum Gasteiger partial charge on any atom is -0.489 e. The molecule has 0 N–H and O–H groups in total. The number of hydrogen-bond acceptors (Lipinski definition) is 4. The van der Waals surface area contributed by atoms with Crippen LogP contribution in [0.4, 0.5) is 0 Å². The molecule has 0 spiro atoms. The van der Waals surface area contributed by atoms with Gasteiger partial charge in [-0.25, -0.2) is 0 Å². The van der Waals surface area contributed by atoms with E-state index in [1.807, 2.05) is 19.1 Å². The number of carbonyl (C=O) groups is 2. The van der Waals surface area contributed by atoms with Gasteiger partial charge in [0.1, 0.15) is 11.9 Å². The molecule has 1 aromatic rings. The highest BCUT2D eigenvalue weighted by Crippen LogP contribution is 2.40. The maximum absolute atomic E-state index is 12.5. The van der Waals surface area contributed by atoms with Gasteiger partial charge in [-0.2, -0.15) is 0 Å². The van der Waals surface area contributed by atoms with Crippen LogP contribution in [0, 0.1) is 0 Å². The van der Waals surface area contributed by atoms with Gasteiger partial charge >= 0.3 is 5.97 Å². The normalized spacial score (nSPS) is 19.6. The number of methoxy groups -OCH3 is 1. The molecular weight excluding hydrogens is 270 g/mol. The van der Waals surface area contributed by atoms with Crippen LogP contribution in [-0.2, 0) is 9.53 Å². The second-order valence-corrected chi connectivity index (χ2v) is 5.39. The molecule has 2 unspecified atom stereocenters. The molecule has 114 valence electrons. The Morgan fingerprint density at radius 3 is 2.71 bits per heavy atom. The Morgan fingerprint density at radius 2 is 2.05 bits per heavy atom. The number of rotatable bonds is 4. The Labute approximate surface area is 124 Å². The SMILES string of the molecule is COC(=O)CCN(C)C(=O)c1cccc2c1OC(C)C2C. The lowest BCUT2D eigenvalue weighted by molar-refractivity contribution is -0.140. The Kier molecular flexibility index (Phi) is 4.50. The monoisotopic (exact) mass is 291 g/mol. The van der Waals surface area contributed by atoms with E-state index in [0.29, 0.717) is 17.9 Å². The van der Waals surface area contributed by atoms with Gasteiger partial charge in [-0.15, -0.1) is 0 Å². The van der Waals surface area contributed by atoms with E-state index in [0.717, 1.165) is 5.56 Å². The molecule has 0 aromatic heterocycles. The molecule has 2 rings (SSSR count). The topological polar surface area (TPSA) is 55.8 Å². The van der Waals surface area contributed by atoms with E-state index >= 15 is 0 Å². The van der Waals surface area contributed by atoms with Crippen LogP contribution in [0.5, 0.6) is 5.75 Å². The number of nitrogens with zero attached hydrogens (tertiary/aromatic N) is 1. The van der Waals surface area contributed by atoms with Crippen LogP contribution < -0.4 is 4.74 Å². The molecule has 5 nitrogen and oxygen atoms in total. The number of para-hydroxylation sites is 1. The molecule has 0 aliphatic carbocycles. The van der Waals surface area contributed by atoms with Crippen LogP contribution >= 0.6 is 0 Å². The number of amides is 1. The maximum Gasteiger partial charge on any atom is 0.307 e. The van der Waals surface area contributed by atoms with Gasteiger partial charge in [-0.05, 0) is 13.0 Å². The second-order valence-electron chi connectivity index (χ2n) is 5.39. The quantitative estimate of drug-likeness (QED) is 0.798. The summed E-state index contributed by atoms with van der Waals surface area (Å²) in [4.78, 5) is 25.2. The highest BCUT2D eigenvalue weighted by Gasteiger charge is 2.31. The molecule has 2 atom stereocenters. The van der Waals surface area contributed by atoms with Gasteiger partial charge in [0.25, 0.3) is 5.91 Å². The van der Waals surface area contributed by atoms with E-state index in [1.54, 1.807) is 13.1 Å². The van der Waals surface area contributed by atoms with Crippen molar-refractivity contribution < 1.29 is 19.1 Å². The van der Waals surface area contributed by atoms with Crippen molar-refractivity contribution in [2.75, 3.05) is 20.7 Å². The van der Waals surface area contributed by atoms with Crippen molar-refractivity contribution in [3.63, 3.8) is 0 Å². The van der Waals surface area contributed by atoms with Crippen molar-refractivity contribution in [1.82, 2.24) is 4.90 Å². The van der Waals surface area contributed by atoms with Gasteiger partial charge in [0.15, 0.2) is 0 Å². The summed E-state index contributed by atoms with van der Waals surface area (Å²) in [6, 6.07) is 5.63. The fourth-order valence-corrected chi connectivity index (χ4v) is 2.42. The molecule has 1 aliphatic rings. The molecule has 0 radical (unpaired) electrons. The fraction of sp³-hybridized carbons (Fsp3) is 0.500. The summed E-state index contributed by atoms with van der Waals surface area (Å²) in [6.07, 6.45) is 0.246. The molecule has 1 heterocycles. The van der Waals surface area contributed by atoms with Crippen LogP contribution in [0.2, 0.25) is 0 Å².